The van der Waals surface area contributed by atoms with Crippen molar-refractivity contribution < 1.29 is 21.6 Å². The van der Waals surface area contributed by atoms with Crippen LogP contribution < -0.4 is 5.32 Å². The summed E-state index contributed by atoms with van der Waals surface area (Å²) in [6, 6.07) is 7.10. The number of aromatic nitrogens is 2. The molecule has 9 heteroatoms. The van der Waals surface area contributed by atoms with Crippen LogP contribution in [0.5, 0.6) is 0 Å². The Morgan fingerprint density at radius 3 is 2.33 bits per heavy atom. The Balaban J connectivity index is 2.23. The van der Waals surface area contributed by atoms with Gasteiger partial charge in [-0.2, -0.15) is 13.2 Å². The molecule has 112 valence electrons. The number of halogens is 3. The summed E-state index contributed by atoms with van der Waals surface area (Å²) in [5, 5.41) is 9.52. The van der Waals surface area contributed by atoms with E-state index in [-0.39, 0.29) is 16.5 Å². The molecule has 1 aromatic carbocycles. The third-order valence-electron chi connectivity index (χ3n) is 2.48. The van der Waals surface area contributed by atoms with E-state index >= 15 is 0 Å². The van der Waals surface area contributed by atoms with E-state index in [1.165, 1.54) is 24.3 Å². The van der Waals surface area contributed by atoms with Crippen LogP contribution in [0.25, 0.3) is 0 Å². The summed E-state index contributed by atoms with van der Waals surface area (Å²) >= 11 is 0. The number of sulfone groups is 1. The quantitative estimate of drug-likeness (QED) is 0.942. The van der Waals surface area contributed by atoms with Crippen LogP contribution in [0.15, 0.2) is 41.4 Å². The predicted molar refractivity (Wildman–Crippen MR) is 69.9 cm³/mol. The molecule has 0 saturated heterocycles. The number of hydrogen-bond donors (Lipinski definition) is 1. The molecule has 0 aliphatic rings. The number of rotatable bonds is 3. The molecule has 0 saturated carbocycles. The van der Waals surface area contributed by atoms with E-state index in [0.29, 0.717) is 0 Å². The lowest BCUT2D eigenvalue weighted by atomic mass is 10.2. The molecule has 0 fully saturated rings. The van der Waals surface area contributed by atoms with Gasteiger partial charge in [-0.1, -0.05) is 6.07 Å². The van der Waals surface area contributed by atoms with Crippen molar-refractivity contribution in [3.05, 3.63) is 42.0 Å². The average Bonchev–Trinajstić information content (AvgIpc) is 2.37. The van der Waals surface area contributed by atoms with Crippen LogP contribution in [0.2, 0.25) is 0 Å². The van der Waals surface area contributed by atoms with E-state index in [0.717, 1.165) is 18.4 Å². The third kappa shape index (κ3) is 3.91. The monoisotopic (exact) mass is 317 g/mol. The highest BCUT2D eigenvalue weighted by Gasteiger charge is 2.30. The van der Waals surface area contributed by atoms with E-state index in [4.69, 9.17) is 0 Å². The lowest BCUT2D eigenvalue weighted by molar-refractivity contribution is -0.137. The molecule has 2 aromatic rings. The number of benzene rings is 1. The van der Waals surface area contributed by atoms with Crippen LogP contribution in [-0.4, -0.2) is 24.9 Å². The zero-order valence-corrected chi connectivity index (χ0v) is 11.5. The van der Waals surface area contributed by atoms with Crippen LogP contribution in [-0.2, 0) is 16.0 Å². The maximum Gasteiger partial charge on any atom is 0.416 e. The molecule has 5 nitrogen and oxygen atoms in total. The molecule has 0 aliphatic heterocycles. The smallest absolute Gasteiger partial charge is 0.339 e. The Bertz CT molecular complexity index is 743. The Kier molecular flexibility index (Phi) is 3.86. The lowest BCUT2D eigenvalue weighted by Crippen LogP contribution is -2.06. The van der Waals surface area contributed by atoms with Gasteiger partial charge in [0, 0.05) is 11.9 Å². The second-order valence-electron chi connectivity index (χ2n) is 4.23. The Morgan fingerprint density at radius 1 is 1.10 bits per heavy atom. The Hall–Kier alpha value is -2.16. The van der Waals surface area contributed by atoms with Crippen molar-refractivity contribution in [2.24, 2.45) is 0 Å². The van der Waals surface area contributed by atoms with Crippen LogP contribution in [0.1, 0.15) is 5.56 Å². The molecule has 0 amide bonds. The standard InChI is InChI=1S/C12H10F3N3O2S/c1-21(19,20)11-6-5-10(17-18-11)16-9-4-2-3-8(7-9)12(13,14)15/h2-7H,1H3,(H,16,17). The Morgan fingerprint density at radius 2 is 1.81 bits per heavy atom. The first-order valence-corrected chi connectivity index (χ1v) is 7.53. The average molecular weight is 317 g/mol. The van der Waals surface area contributed by atoms with Gasteiger partial charge in [0.1, 0.15) is 0 Å². The summed E-state index contributed by atoms with van der Waals surface area (Å²) < 4.78 is 60.1. The van der Waals surface area contributed by atoms with E-state index in [1.807, 2.05) is 0 Å². The third-order valence-corrected chi connectivity index (χ3v) is 3.46. The molecule has 0 aliphatic carbocycles. The van der Waals surface area contributed by atoms with E-state index in [9.17, 15) is 21.6 Å². The van der Waals surface area contributed by atoms with Gasteiger partial charge in [0.05, 0.1) is 5.56 Å². The molecule has 21 heavy (non-hydrogen) atoms. The van der Waals surface area contributed by atoms with Gasteiger partial charge in [0.15, 0.2) is 20.7 Å². The van der Waals surface area contributed by atoms with Gasteiger partial charge in [-0.3, -0.25) is 0 Å². The number of anilines is 2. The van der Waals surface area contributed by atoms with Crippen LogP contribution in [0.3, 0.4) is 0 Å². The maximum atomic E-state index is 12.6. The highest BCUT2D eigenvalue weighted by atomic mass is 32.2. The van der Waals surface area contributed by atoms with Crippen molar-refractivity contribution in [2.75, 3.05) is 11.6 Å². The fraction of sp³-hybridized carbons (Fsp3) is 0.167. The van der Waals surface area contributed by atoms with E-state index in [2.05, 4.69) is 15.5 Å². The number of nitrogens with zero attached hydrogens (tertiary/aromatic N) is 2. The number of alkyl halides is 3. The summed E-state index contributed by atoms with van der Waals surface area (Å²) in [5.41, 5.74) is -0.626. The van der Waals surface area contributed by atoms with Crippen LogP contribution in [0, 0.1) is 0 Å². The highest BCUT2D eigenvalue weighted by molar-refractivity contribution is 7.90. The zero-order chi connectivity index (χ0) is 15.7. The van der Waals surface area contributed by atoms with Gasteiger partial charge in [0.2, 0.25) is 0 Å². The molecule has 1 N–H and O–H groups in total. The zero-order valence-electron chi connectivity index (χ0n) is 10.7. The van der Waals surface area contributed by atoms with E-state index < -0.39 is 21.6 Å². The number of hydrogen-bond acceptors (Lipinski definition) is 5. The largest absolute Gasteiger partial charge is 0.416 e. The van der Waals surface area contributed by atoms with Gasteiger partial charge in [-0.25, -0.2) is 8.42 Å². The molecule has 0 atom stereocenters. The molecular formula is C12H10F3N3O2S. The molecule has 0 bridgehead atoms. The molecule has 0 radical (unpaired) electrons. The van der Waals surface area contributed by atoms with Crippen molar-refractivity contribution in [3.63, 3.8) is 0 Å². The molecule has 2 rings (SSSR count). The van der Waals surface area contributed by atoms with Crippen molar-refractivity contribution in [2.45, 2.75) is 11.2 Å². The molecule has 1 aromatic heterocycles. The minimum absolute atomic E-state index is 0.140. The number of nitrogens with one attached hydrogen (secondary N) is 1. The highest BCUT2D eigenvalue weighted by Crippen LogP contribution is 2.31. The minimum atomic E-state index is -4.44. The fourth-order valence-corrected chi connectivity index (χ4v) is 2.01. The second-order valence-corrected chi connectivity index (χ2v) is 6.20. The molecular weight excluding hydrogens is 307 g/mol. The predicted octanol–water partition coefficient (Wildman–Crippen LogP) is 2.64. The Labute approximate surface area is 118 Å². The van der Waals surface area contributed by atoms with Crippen LogP contribution >= 0.6 is 0 Å². The van der Waals surface area contributed by atoms with Crippen molar-refractivity contribution in [3.8, 4) is 0 Å². The van der Waals surface area contributed by atoms with Gasteiger partial charge < -0.3 is 5.32 Å². The maximum absolute atomic E-state index is 12.6. The summed E-state index contributed by atoms with van der Waals surface area (Å²) in [5.74, 6) is 0.140. The van der Waals surface area contributed by atoms with Gasteiger partial charge in [-0.15, -0.1) is 10.2 Å². The van der Waals surface area contributed by atoms with Gasteiger partial charge >= 0.3 is 6.18 Å². The first-order chi connectivity index (χ1) is 9.66. The van der Waals surface area contributed by atoms with Gasteiger partial charge in [0.25, 0.3) is 0 Å². The summed E-state index contributed by atoms with van der Waals surface area (Å²) in [4.78, 5) is 0. The summed E-state index contributed by atoms with van der Waals surface area (Å²) in [6.07, 6.45) is -3.46. The first kappa shape index (κ1) is 15.2. The van der Waals surface area contributed by atoms with E-state index in [1.54, 1.807) is 0 Å². The SMILES string of the molecule is CS(=O)(=O)c1ccc(Nc2cccc(C(F)(F)F)c2)nn1. The molecule has 0 unspecified atom stereocenters. The van der Waals surface area contributed by atoms with Crippen LogP contribution in [0.4, 0.5) is 24.7 Å². The molecule has 0 spiro atoms. The van der Waals surface area contributed by atoms with Crippen molar-refractivity contribution >= 4 is 21.3 Å². The molecule has 1 heterocycles. The normalized spacial score (nSPS) is 12.2. The van der Waals surface area contributed by atoms with Gasteiger partial charge in [-0.05, 0) is 30.3 Å². The second kappa shape index (κ2) is 5.32. The summed E-state index contributed by atoms with van der Waals surface area (Å²) in [6.45, 7) is 0. The topological polar surface area (TPSA) is 72.0 Å². The first-order valence-electron chi connectivity index (χ1n) is 5.64. The van der Waals surface area contributed by atoms with Crippen molar-refractivity contribution in [1.29, 1.82) is 0 Å². The fourth-order valence-electron chi connectivity index (χ4n) is 1.51. The minimum Gasteiger partial charge on any atom is -0.339 e. The van der Waals surface area contributed by atoms with Crippen molar-refractivity contribution in [1.82, 2.24) is 10.2 Å². The summed E-state index contributed by atoms with van der Waals surface area (Å²) in [7, 11) is -3.47. The lowest BCUT2D eigenvalue weighted by Gasteiger charge is -2.09.